The first-order valence-electron chi connectivity index (χ1n) is 9.69. The lowest BCUT2D eigenvalue weighted by atomic mass is 10.0. The molecule has 3 heterocycles. The molecule has 0 spiro atoms. The Bertz CT molecular complexity index is 868. The molecule has 0 saturated carbocycles. The van der Waals surface area contributed by atoms with E-state index >= 15 is 0 Å². The number of para-hydroxylation sites is 1. The SMILES string of the molecule is CNc1nc([C@@H]2CCNC2)nc2c1CCN(CC(=O)Nc1ccccc1F)C2. The Kier molecular flexibility index (Phi) is 5.50. The maximum absolute atomic E-state index is 13.7. The molecule has 1 aromatic heterocycles. The van der Waals surface area contributed by atoms with Gasteiger partial charge in [-0.3, -0.25) is 9.69 Å². The largest absolute Gasteiger partial charge is 0.373 e. The van der Waals surface area contributed by atoms with Gasteiger partial charge < -0.3 is 16.0 Å². The van der Waals surface area contributed by atoms with E-state index in [1.165, 1.54) is 6.07 Å². The molecule has 0 unspecified atom stereocenters. The summed E-state index contributed by atoms with van der Waals surface area (Å²) in [4.78, 5) is 24.0. The number of hydrogen-bond donors (Lipinski definition) is 3. The molecule has 2 aliphatic heterocycles. The minimum atomic E-state index is -0.430. The highest BCUT2D eigenvalue weighted by molar-refractivity contribution is 5.92. The van der Waals surface area contributed by atoms with Gasteiger partial charge in [-0.2, -0.15) is 0 Å². The summed E-state index contributed by atoms with van der Waals surface area (Å²) in [6.45, 7) is 3.41. The van der Waals surface area contributed by atoms with E-state index in [2.05, 4.69) is 16.0 Å². The maximum Gasteiger partial charge on any atom is 0.238 e. The van der Waals surface area contributed by atoms with Crippen LogP contribution < -0.4 is 16.0 Å². The van der Waals surface area contributed by atoms with Gasteiger partial charge in [0.25, 0.3) is 0 Å². The van der Waals surface area contributed by atoms with Crippen LogP contribution in [0, 0.1) is 5.82 Å². The molecule has 148 valence electrons. The minimum Gasteiger partial charge on any atom is -0.373 e. The first-order chi connectivity index (χ1) is 13.6. The molecule has 1 fully saturated rings. The zero-order chi connectivity index (χ0) is 19.5. The summed E-state index contributed by atoms with van der Waals surface area (Å²) in [5.41, 5.74) is 2.31. The molecule has 4 rings (SSSR count). The summed E-state index contributed by atoms with van der Waals surface area (Å²) in [5, 5.41) is 9.21. The predicted octanol–water partition coefficient (Wildman–Crippen LogP) is 1.73. The topological polar surface area (TPSA) is 82.2 Å². The number of benzene rings is 1. The van der Waals surface area contributed by atoms with Crippen LogP contribution in [-0.4, -0.2) is 54.0 Å². The van der Waals surface area contributed by atoms with Gasteiger partial charge in [0.15, 0.2) is 0 Å². The monoisotopic (exact) mass is 384 g/mol. The second kappa shape index (κ2) is 8.20. The Labute approximate surface area is 163 Å². The third kappa shape index (κ3) is 3.98. The molecule has 1 amide bonds. The van der Waals surface area contributed by atoms with Crippen molar-refractivity contribution < 1.29 is 9.18 Å². The molecule has 7 nitrogen and oxygen atoms in total. The van der Waals surface area contributed by atoms with E-state index in [1.807, 2.05) is 11.9 Å². The lowest BCUT2D eigenvalue weighted by Crippen LogP contribution is -2.38. The van der Waals surface area contributed by atoms with Gasteiger partial charge in [-0.15, -0.1) is 0 Å². The molecular weight excluding hydrogens is 359 g/mol. The summed E-state index contributed by atoms with van der Waals surface area (Å²) in [6, 6.07) is 6.20. The van der Waals surface area contributed by atoms with Crippen molar-refractivity contribution in [1.29, 1.82) is 0 Å². The van der Waals surface area contributed by atoms with Gasteiger partial charge in [0.05, 0.1) is 17.9 Å². The van der Waals surface area contributed by atoms with Crippen LogP contribution in [0.2, 0.25) is 0 Å². The molecule has 3 N–H and O–H groups in total. The number of fused-ring (bicyclic) bond motifs is 1. The van der Waals surface area contributed by atoms with Gasteiger partial charge in [-0.05, 0) is 31.5 Å². The number of amides is 1. The first kappa shape index (κ1) is 18.8. The molecule has 1 aromatic carbocycles. The maximum atomic E-state index is 13.7. The molecule has 8 heteroatoms. The van der Waals surface area contributed by atoms with Crippen molar-refractivity contribution in [2.24, 2.45) is 0 Å². The van der Waals surface area contributed by atoms with E-state index in [1.54, 1.807) is 18.2 Å². The quantitative estimate of drug-likeness (QED) is 0.728. The summed E-state index contributed by atoms with van der Waals surface area (Å²) in [6.07, 6.45) is 1.82. The highest BCUT2D eigenvalue weighted by Gasteiger charge is 2.27. The molecule has 1 saturated heterocycles. The van der Waals surface area contributed by atoms with E-state index in [0.29, 0.717) is 12.5 Å². The molecule has 0 radical (unpaired) electrons. The summed E-state index contributed by atoms with van der Waals surface area (Å²) in [5.74, 6) is 1.43. The number of carbonyl (C=O) groups is 1. The summed E-state index contributed by atoms with van der Waals surface area (Å²) >= 11 is 0. The van der Waals surface area contributed by atoms with E-state index < -0.39 is 5.82 Å². The van der Waals surface area contributed by atoms with Crippen molar-refractivity contribution in [3.8, 4) is 0 Å². The van der Waals surface area contributed by atoms with Crippen molar-refractivity contribution in [2.75, 3.05) is 43.9 Å². The van der Waals surface area contributed by atoms with Crippen LogP contribution in [0.25, 0.3) is 0 Å². The lowest BCUT2D eigenvalue weighted by molar-refractivity contribution is -0.117. The van der Waals surface area contributed by atoms with Crippen molar-refractivity contribution in [3.05, 3.63) is 47.2 Å². The number of rotatable bonds is 5. The Balaban J connectivity index is 1.47. The number of anilines is 2. The van der Waals surface area contributed by atoms with Crippen LogP contribution in [0.15, 0.2) is 24.3 Å². The van der Waals surface area contributed by atoms with Crippen molar-refractivity contribution in [3.63, 3.8) is 0 Å². The normalized spacial score (nSPS) is 19.3. The Morgan fingerprint density at radius 2 is 2.21 bits per heavy atom. The predicted molar refractivity (Wildman–Crippen MR) is 106 cm³/mol. The van der Waals surface area contributed by atoms with Crippen LogP contribution in [0.4, 0.5) is 15.9 Å². The van der Waals surface area contributed by atoms with E-state index in [0.717, 1.165) is 55.4 Å². The van der Waals surface area contributed by atoms with Crippen LogP contribution in [0.1, 0.15) is 29.4 Å². The zero-order valence-electron chi connectivity index (χ0n) is 16.0. The van der Waals surface area contributed by atoms with Crippen molar-refractivity contribution in [2.45, 2.75) is 25.3 Å². The Morgan fingerprint density at radius 1 is 1.36 bits per heavy atom. The average Bonchev–Trinajstić information content (AvgIpc) is 3.23. The highest BCUT2D eigenvalue weighted by Crippen LogP contribution is 2.27. The van der Waals surface area contributed by atoms with Gasteiger partial charge >= 0.3 is 0 Å². The molecule has 28 heavy (non-hydrogen) atoms. The molecule has 2 aliphatic rings. The minimum absolute atomic E-state index is 0.201. The van der Waals surface area contributed by atoms with E-state index in [4.69, 9.17) is 9.97 Å². The van der Waals surface area contributed by atoms with Crippen LogP contribution in [-0.2, 0) is 17.8 Å². The van der Waals surface area contributed by atoms with Crippen LogP contribution in [0.3, 0.4) is 0 Å². The van der Waals surface area contributed by atoms with Gasteiger partial charge in [-0.1, -0.05) is 12.1 Å². The van der Waals surface area contributed by atoms with Crippen molar-refractivity contribution >= 4 is 17.4 Å². The highest BCUT2D eigenvalue weighted by atomic mass is 19.1. The van der Waals surface area contributed by atoms with E-state index in [9.17, 15) is 9.18 Å². The van der Waals surface area contributed by atoms with Gasteiger partial charge in [0, 0.05) is 38.2 Å². The lowest BCUT2D eigenvalue weighted by Gasteiger charge is -2.29. The first-order valence-corrected chi connectivity index (χ1v) is 9.69. The standard InChI is InChI=1S/C20H25FN6O/c1-22-20-14-7-9-27(12-18(28)24-16-5-3-2-4-15(16)21)11-17(14)25-19(26-20)13-6-8-23-10-13/h2-5,13,23H,6-12H2,1H3,(H,24,28)(H,22,25,26)/t13-/m1/s1. The Hall–Kier alpha value is -2.58. The Morgan fingerprint density at radius 3 is 2.96 bits per heavy atom. The second-order valence-electron chi connectivity index (χ2n) is 7.28. The summed E-state index contributed by atoms with van der Waals surface area (Å²) in [7, 11) is 1.88. The number of halogens is 1. The van der Waals surface area contributed by atoms with Gasteiger partial charge in [0.1, 0.15) is 17.5 Å². The third-order valence-electron chi connectivity index (χ3n) is 5.34. The number of nitrogens with one attached hydrogen (secondary N) is 3. The van der Waals surface area contributed by atoms with Crippen LogP contribution >= 0.6 is 0 Å². The molecule has 2 aromatic rings. The van der Waals surface area contributed by atoms with Crippen LogP contribution in [0.5, 0.6) is 0 Å². The second-order valence-corrected chi connectivity index (χ2v) is 7.28. The fourth-order valence-electron chi connectivity index (χ4n) is 3.86. The fourth-order valence-corrected chi connectivity index (χ4v) is 3.86. The van der Waals surface area contributed by atoms with Gasteiger partial charge in [-0.25, -0.2) is 14.4 Å². The zero-order valence-corrected chi connectivity index (χ0v) is 16.0. The van der Waals surface area contributed by atoms with Gasteiger partial charge in [0.2, 0.25) is 5.91 Å². The smallest absolute Gasteiger partial charge is 0.238 e. The summed E-state index contributed by atoms with van der Waals surface area (Å²) < 4.78 is 13.7. The molecule has 1 atom stereocenters. The van der Waals surface area contributed by atoms with E-state index in [-0.39, 0.29) is 18.1 Å². The fraction of sp³-hybridized carbons (Fsp3) is 0.450. The number of hydrogen-bond acceptors (Lipinski definition) is 6. The molecule has 0 aliphatic carbocycles. The number of aromatic nitrogens is 2. The number of nitrogens with zero attached hydrogens (tertiary/aromatic N) is 3. The molecular formula is C20H25FN6O. The molecule has 0 bridgehead atoms. The van der Waals surface area contributed by atoms with Crippen molar-refractivity contribution in [1.82, 2.24) is 20.2 Å². The average molecular weight is 384 g/mol. The third-order valence-corrected chi connectivity index (χ3v) is 5.34. The number of carbonyl (C=O) groups excluding carboxylic acids is 1.